The molecule has 1 amide bonds. The zero-order chi connectivity index (χ0) is 15.3. The number of amides is 1. The molecule has 0 spiro atoms. The minimum Gasteiger partial charge on any atom is -0.377 e. The van der Waals surface area contributed by atoms with Gasteiger partial charge in [-0.1, -0.05) is 17.7 Å². The van der Waals surface area contributed by atoms with Gasteiger partial charge in [-0.05, 0) is 26.0 Å². The Morgan fingerprint density at radius 1 is 1.50 bits per heavy atom. The molecule has 0 bridgehead atoms. The van der Waals surface area contributed by atoms with Crippen molar-refractivity contribution >= 4 is 23.2 Å². The number of carbonyl (C=O) groups is 1. The molecule has 0 heterocycles. The Hall–Kier alpha value is -1.66. The Bertz CT molecular complexity index is 505. The van der Waals surface area contributed by atoms with Crippen LogP contribution in [0.5, 0.6) is 0 Å². The van der Waals surface area contributed by atoms with E-state index in [1.807, 2.05) is 13.8 Å². The van der Waals surface area contributed by atoms with E-state index in [9.17, 15) is 14.9 Å². The van der Waals surface area contributed by atoms with Crippen LogP contribution in [-0.2, 0) is 4.74 Å². The number of nitro groups is 1. The number of ether oxygens (including phenoxy) is 1. The van der Waals surface area contributed by atoms with E-state index in [1.54, 1.807) is 7.05 Å². The molecule has 1 aromatic carbocycles. The summed E-state index contributed by atoms with van der Waals surface area (Å²) in [5, 5.41) is 11.0. The van der Waals surface area contributed by atoms with Gasteiger partial charge in [-0.15, -0.1) is 0 Å². The number of rotatable bonds is 6. The Morgan fingerprint density at radius 3 is 2.70 bits per heavy atom. The fourth-order valence-electron chi connectivity index (χ4n) is 1.61. The largest absolute Gasteiger partial charge is 0.377 e. The lowest BCUT2D eigenvalue weighted by atomic mass is 10.1. The van der Waals surface area contributed by atoms with Gasteiger partial charge < -0.3 is 9.64 Å². The van der Waals surface area contributed by atoms with Gasteiger partial charge in [0, 0.05) is 13.6 Å². The van der Waals surface area contributed by atoms with E-state index >= 15 is 0 Å². The average molecular weight is 301 g/mol. The van der Waals surface area contributed by atoms with Crippen LogP contribution in [0.1, 0.15) is 24.2 Å². The monoisotopic (exact) mass is 300 g/mol. The summed E-state index contributed by atoms with van der Waals surface area (Å²) in [5.74, 6) is -0.452. The number of benzene rings is 1. The van der Waals surface area contributed by atoms with E-state index in [1.165, 1.54) is 23.1 Å². The number of nitrogens with zero attached hydrogens (tertiary/aromatic N) is 2. The van der Waals surface area contributed by atoms with Gasteiger partial charge in [-0.25, -0.2) is 0 Å². The number of hydrogen-bond acceptors (Lipinski definition) is 4. The lowest BCUT2D eigenvalue weighted by molar-refractivity contribution is -0.385. The predicted octanol–water partition coefficient (Wildman–Crippen LogP) is 2.75. The molecular formula is C13H17ClN2O4. The first-order valence-electron chi connectivity index (χ1n) is 6.14. The molecule has 20 heavy (non-hydrogen) atoms. The van der Waals surface area contributed by atoms with Crippen LogP contribution in [0, 0.1) is 10.1 Å². The highest BCUT2D eigenvalue weighted by Gasteiger charge is 2.25. The van der Waals surface area contributed by atoms with Gasteiger partial charge in [0.15, 0.2) is 0 Å². The molecule has 0 aromatic heterocycles. The van der Waals surface area contributed by atoms with Crippen molar-refractivity contribution in [3.05, 3.63) is 38.9 Å². The Balaban J connectivity index is 2.87. The van der Waals surface area contributed by atoms with Gasteiger partial charge in [-0.2, -0.15) is 0 Å². The maximum atomic E-state index is 12.2. The number of carbonyl (C=O) groups excluding carboxylic acids is 1. The third kappa shape index (κ3) is 4.18. The highest BCUT2D eigenvalue weighted by atomic mass is 35.5. The molecule has 0 fully saturated rings. The zero-order valence-electron chi connectivity index (χ0n) is 11.6. The van der Waals surface area contributed by atoms with Gasteiger partial charge >= 0.3 is 5.69 Å². The van der Waals surface area contributed by atoms with Crippen molar-refractivity contribution in [3.63, 3.8) is 0 Å². The molecule has 0 unspecified atom stereocenters. The number of likely N-dealkylation sites (N-methyl/N-ethyl adjacent to an activating group) is 1. The third-order valence-corrected chi connectivity index (χ3v) is 2.93. The summed E-state index contributed by atoms with van der Waals surface area (Å²) in [6, 6.07) is 4.30. The van der Waals surface area contributed by atoms with Crippen molar-refractivity contribution in [1.82, 2.24) is 4.90 Å². The molecular weight excluding hydrogens is 284 g/mol. The Morgan fingerprint density at radius 2 is 2.15 bits per heavy atom. The summed E-state index contributed by atoms with van der Waals surface area (Å²) < 4.78 is 5.35. The molecule has 1 rings (SSSR count). The number of halogens is 1. The molecule has 1 aromatic rings. The van der Waals surface area contributed by atoms with Gasteiger partial charge in [0.25, 0.3) is 5.91 Å². The van der Waals surface area contributed by atoms with Gasteiger partial charge in [0.2, 0.25) is 0 Å². The van der Waals surface area contributed by atoms with E-state index < -0.39 is 10.8 Å². The highest BCUT2D eigenvalue weighted by Crippen LogP contribution is 2.28. The van der Waals surface area contributed by atoms with Gasteiger partial charge in [0.05, 0.1) is 17.6 Å². The van der Waals surface area contributed by atoms with E-state index in [2.05, 4.69) is 0 Å². The Labute approximate surface area is 122 Å². The molecule has 0 atom stereocenters. The third-order valence-electron chi connectivity index (χ3n) is 2.62. The molecule has 0 saturated heterocycles. The molecule has 6 nitrogen and oxygen atoms in total. The lowest BCUT2D eigenvalue weighted by Gasteiger charge is -2.18. The van der Waals surface area contributed by atoms with Crippen LogP contribution in [0.15, 0.2) is 18.2 Å². The van der Waals surface area contributed by atoms with Crippen LogP contribution in [-0.4, -0.2) is 42.0 Å². The van der Waals surface area contributed by atoms with Crippen molar-refractivity contribution in [1.29, 1.82) is 0 Å². The second-order valence-electron chi connectivity index (χ2n) is 4.54. The molecule has 7 heteroatoms. The quantitative estimate of drug-likeness (QED) is 0.598. The van der Waals surface area contributed by atoms with Gasteiger partial charge in [-0.3, -0.25) is 14.9 Å². The second-order valence-corrected chi connectivity index (χ2v) is 4.95. The van der Waals surface area contributed by atoms with E-state index in [0.717, 1.165) is 0 Å². The standard InChI is InChI=1S/C13H17ClN2O4/c1-9(2)20-8-7-15(3)13(17)10-5-4-6-11(14)12(10)16(18)19/h4-6,9H,7-8H2,1-3H3. The normalized spacial score (nSPS) is 10.7. The van der Waals surface area contributed by atoms with Gasteiger partial charge in [0.1, 0.15) is 10.6 Å². The fraction of sp³-hybridized carbons (Fsp3) is 0.462. The predicted molar refractivity (Wildman–Crippen MR) is 76.2 cm³/mol. The number of hydrogen-bond donors (Lipinski definition) is 0. The second kappa shape index (κ2) is 7.21. The summed E-state index contributed by atoms with van der Waals surface area (Å²) in [6.07, 6.45) is 0.0685. The topological polar surface area (TPSA) is 72.7 Å². The maximum absolute atomic E-state index is 12.2. The summed E-state index contributed by atoms with van der Waals surface area (Å²) >= 11 is 5.78. The molecule has 0 aliphatic heterocycles. The number of para-hydroxylation sites is 1. The summed E-state index contributed by atoms with van der Waals surface area (Å²) in [4.78, 5) is 23.9. The maximum Gasteiger partial charge on any atom is 0.300 e. The molecule has 0 saturated carbocycles. The fourth-order valence-corrected chi connectivity index (χ4v) is 1.85. The first kappa shape index (κ1) is 16.4. The van der Waals surface area contributed by atoms with Crippen LogP contribution in [0.25, 0.3) is 0 Å². The van der Waals surface area contributed by atoms with Crippen LogP contribution in [0.3, 0.4) is 0 Å². The first-order valence-corrected chi connectivity index (χ1v) is 6.52. The van der Waals surface area contributed by atoms with Crippen LogP contribution < -0.4 is 0 Å². The van der Waals surface area contributed by atoms with Crippen molar-refractivity contribution in [3.8, 4) is 0 Å². The minimum atomic E-state index is -0.645. The van der Waals surface area contributed by atoms with Crippen molar-refractivity contribution in [2.45, 2.75) is 20.0 Å². The van der Waals surface area contributed by atoms with E-state index in [4.69, 9.17) is 16.3 Å². The van der Waals surface area contributed by atoms with E-state index in [-0.39, 0.29) is 22.4 Å². The highest BCUT2D eigenvalue weighted by molar-refractivity contribution is 6.33. The smallest absolute Gasteiger partial charge is 0.300 e. The summed E-state index contributed by atoms with van der Waals surface area (Å²) in [7, 11) is 1.57. The van der Waals surface area contributed by atoms with Crippen molar-refractivity contribution in [2.75, 3.05) is 20.2 Å². The molecule has 0 N–H and O–H groups in total. The first-order chi connectivity index (χ1) is 9.34. The van der Waals surface area contributed by atoms with Crippen molar-refractivity contribution in [2.24, 2.45) is 0 Å². The number of nitro benzene ring substituents is 1. The average Bonchev–Trinajstić information content (AvgIpc) is 2.36. The zero-order valence-corrected chi connectivity index (χ0v) is 12.4. The Kier molecular flexibility index (Phi) is 5.91. The molecule has 0 aliphatic carbocycles. The lowest BCUT2D eigenvalue weighted by Crippen LogP contribution is -2.31. The van der Waals surface area contributed by atoms with E-state index in [0.29, 0.717) is 13.2 Å². The minimum absolute atomic E-state index is 0.0189. The summed E-state index contributed by atoms with van der Waals surface area (Å²) in [5.41, 5.74) is -0.384. The molecule has 110 valence electrons. The van der Waals surface area contributed by atoms with Crippen LogP contribution in [0.2, 0.25) is 5.02 Å². The summed E-state index contributed by atoms with van der Waals surface area (Å²) in [6.45, 7) is 4.50. The van der Waals surface area contributed by atoms with Crippen LogP contribution >= 0.6 is 11.6 Å². The molecule has 0 radical (unpaired) electrons. The van der Waals surface area contributed by atoms with Crippen molar-refractivity contribution < 1.29 is 14.5 Å². The SMILES string of the molecule is CC(C)OCCN(C)C(=O)c1cccc(Cl)c1[N+](=O)[O-]. The van der Waals surface area contributed by atoms with Crippen LogP contribution in [0.4, 0.5) is 5.69 Å². The molecule has 0 aliphatic rings.